The minimum Gasteiger partial charge on any atom is -0.409 e. The number of rotatable bonds is 6. The fraction of sp³-hybridized carbons (Fsp3) is 0.417. The van der Waals surface area contributed by atoms with Gasteiger partial charge in [0.1, 0.15) is 0 Å². The number of nitrogens with two attached hydrogens (primary N) is 1. The summed E-state index contributed by atoms with van der Waals surface area (Å²) < 4.78 is 26.3. The molecule has 1 rings (SSSR count). The predicted octanol–water partition coefficient (Wildman–Crippen LogP) is 1.57. The molecule has 4 N–H and O–H groups in total. The molecule has 0 aliphatic rings. The first-order chi connectivity index (χ1) is 8.85. The molecule has 0 aliphatic heterocycles. The molecule has 0 atom stereocenters. The van der Waals surface area contributed by atoms with Gasteiger partial charge in [-0.15, -0.1) is 0 Å². The van der Waals surface area contributed by atoms with E-state index in [4.69, 9.17) is 10.9 Å². The number of oxime groups is 1. The number of sulfonamides is 1. The van der Waals surface area contributed by atoms with Crippen LogP contribution in [0.15, 0.2) is 29.4 Å². The molecular weight excluding hydrogens is 266 g/mol. The van der Waals surface area contributed by atoms with Crippen LogP contribution in [-0.4, -0.2) is 25.2 Å². The standard InChI is InChI=1S/C12H19N3O3S/c1-9(2)7-8-19(17,18)15-11-6-4-3-5-10(11)12(13)14-16/h3-6,9,15-16H,7-8H2,1-2H3,(H2,13,14). The van der Waals surface area contributed by atoms with Crippen LogP contribution in [0.1, 0.15) is 25.8 Å². The van der Waals surface area contributed by atoms with Crippen LogP contribution in [0.25, 0.3) is 0 Å². The molecule has 0 amide bonds. The SMILES string of the molecule is CC(C)CCS(=O)(=O)Nc1ccccc1C(N)=NO. The monoisotopic (exact) mass is 285 g/mol. The summed E-state index contributed by atoms with van der Waals surface area (Å²) in [5, 5.41) is 11.6. The summed E-state index contributed by atoms with van der Waals surface area (Å²) in [5.74, 6) is 0.202. The Kier molecular flexibility index (Phi) is 5.17. The molecule has 1 aromatic rings. The summed E-state index contributed by atoms with van der Waals surface area (Å²) in [4.78, 5) is 0. The number of nitrogens with zero attached hydrogens (tertiary/aromatic N) is 1. The van der Waals surface area contributed by atoms with Gasteiger partial charge in [0.25, 0.3) is 0 Å². The molecule has 19 heavy (non-hydrogen) atoms. The van der Waals surface area contributed by atoms with E-state index in [0.29, 0.717) is 23.6 Å². The highest BCUT2D eigenvalue weighted by Gasteiger charge is 2.14. The Morgan fingerprint density at radius 3 is 2.63 bits per heavy atom. The molecule has 1 aromatic carbocycles. The first kappa shape index (κ1) is 15.3. The highest BCUT2D eigenvalue weighted by Crippen LogP contribution is 2.17. The van der Waals surface area contributed by atoms with Gasteiger partial charge in [0, 0.05) is 5.56 Å². The predicted molar refractivity (Wildman–Crippen MR) is 75.8 cm³/mol. The average Bonchev–Trinajstić information content (AvgIpc) is 2.36. The van der Waals surface area contributed by atoms with Crippen molar-refractivity contribution in [2.24, 2.45) is 16.8 Å². The van der Waals surface area contributed by atoms with Crippen LogP contribution < -0.4 is 10.5 Å². The summed E-state index contributed by atoms with van der Waals surface area (Å²) in [6.07, 6.45) is 0.571. The van der Waals surface area contributed by atoms with Crippen LogP contribution in [0, 0.1) is 5.92 Å². The highest BCUT2D eigenvalue weighted by atomic mass is 32.2. The molecule has 0 saturated heterocycles. The van der Waals surface area contributed by atoms with Crippen LogP contribution in [0.2, 0.25) is 0 Å². The van der Waals surface area contributed by atoms with E-state index in [1.165, 1.54) is 0 Å². The van der Waals surface area contributed by atoms with E-state index >= 15 is 0 Å². The highest BCUT2D eigenvalue weighted by molar-refractivity contribution is 7.92. The van der Waals surface area contributed by atoms with Crippen molar-refractivity contribution in [2.75, 3.05) is 10.5 Å². The molecule has 0 unspecified atom stereocenters. The molecule has 7 heteroatoms. The molecule has 0 heterocycles. The Morgan fingerprint density at radius 1 is 1.42 bits per heavy atom. The van der Waals surface area contributed by atoms with Crippen molar-refractivity contribution in [1.29, 1.82) is 0 Å². The van der Waals surface area contributed by atoms with E-state index in [1.807, 2.05) is 13.8 Å². The Morgan fingerprint density at radius 2 is 2.05 bits per heavy atom. The first-order valence-corrected chi connectivity index (χ1v) is 7.58. The lowest BCUT2D eigenvalue weighted by Gasteiger charge is -2.12. The third kappa shape index (κ3) is 4.78. The van der Waals surface area contributed by atoms with Gasteiger partial charge >= 0.3 is 0 Å². The van der Waals surface area contributed by atoms with E-state index in [2.05, 4.69) is 9.88 Å². The maximum absolute atomic E-state index is 11.9. The Labute approximate surface area is 113 Å². The van der Waals surface area contributed by atoms with Gasteiger partial charge in [-0.25, -0.2) is 8.42 Å². The minimum atomic E-state index is -3.44. The van der Waals surface area contributed by atoms with Crippen molar-refractivity contribution in [3.8, 4) is 0 Å². The van der Waals surface area contributed by atoms with E-state index in [9.17, 15) is 8.42 Å². The second-order valence-corrected chi connectivity index (χ2v) is 6.48. The van der Waals surface area contributed by atoms with Crippen LogP contribution in [-0.2, 0) is 10.0 Å². The molecule has 0 saturated carbocycles. The van der Waals surface area contributed by atoms with Crippen LogP contribution in [0.3, 0.4) is 0 Å². The molecule has 0 aliphatic carbocycles. The van der Waals surface area contributed by atoms with Crippen molar-refractivity contribution in [3.05, 3.63) is 29.8 Å². The Balaban J connectivity index is 2.94. The zero-order valence-corrected chi connectivity index (χ0v) is 11.8. The lowest BCUT2D eigenvalue weighted by atomic mass is 10.2. The number of amidine groups is 1. The van der Waals surface area contributed by atoms with Gasteiger partial charge in [-0.3, -0.25) is 4.72 Å². The molecular formula is C12H19N3O3S. The first-order valence-electron chi connectivity index (χ1n) is 5.93. The third-order valence-corrected chi connectivity index (χ3v) is 3.84. The minimum absolute atomic E-state index is 0.0369. The normalized spacial score (nSPS) is 12.7. The quantitative estimate of drug-likeness (QED) is 0.319. The topological polar surface area (TPSA) is 105 Å². The van der Waals surface area contributed by atoms with E-state index in [-0.39, 0.29) is 11.6 Å². The van der Waals surface area contributed by atoms with E-state index < -0.39 is 10.0 Å². The van der Waals surface area contributed by atoms with E-state index in [1.54, 1.807) is 24.3 Å². The number of hydrogen-bond acceptors (Lipinski definition) is 4. The van der Waals surface area contributed by atoms with Crippen molar-refractivity contribution >= 4 is 21.5 Å². The summed E-state index contributed by atoms with van der Waals surface area (Å²) in [6.45, 7) is 3.92. The van der Waals surface area contributed by atoms with Gasteiger partial charge < -0.3 is 10.9 Å². The Bertz CT molecular complexity index is 553. The van der Waals surface area contributed by atoms with Crippen molar-refractivity contribution in [3.63, 3.8) is 0 Å². The van der Waals surface area contributed by atoms with Crippen LogP contribution >= 0.6 is 0 Å². The zero-order chi connectivity index (χ0) is 14.5. The van der Waals surface area contributed by atoms with Crippen LogP contribution in [0.5, 0.6) is 0 Å². The lowest BCUT2D eigenvalue weighted by Crippen LogP contribution is -2.21. The van der Waals surface area contributed by atoms with Gasteiger partial charge in [0.2, 0.25) is 10.0 Å². The molecule has 0 fully saturated rings. The van der Waals surface area contributed by atoms with Crippen molar-refractivity contribution < 1.29 is 13.6 Å². The fourth-order valence-corrected chi connectivity index (χ4v) is 2.86. The maximum atomic E-state index is 11.9. The summed E-state index contributed by atoms with van der Waals surface area (Å²) >= 11 is 0. The van der Waals surface area contributed by atoms with E-state index in [0.717, 1.165) is 0 Å². The summed E-state index contributed by atoms with van der Waals surface area (Å²) in [6, 6.07) is 6.50. The van der Waals surface area contributed by atoms with Crippen molar-refractivity contribution in [2.45, 2.75) is 20.3 Å². The van der Waals surface area contributed by atoms with Crippen LogP contribution in [0.4, 0.5) is 5.69 Å². The fourth-order valence-electron chi connectivity index (χ4n) is 1.46. The number of hydrogen-bond donors (Lipinski definition) is 3. The summed E-state index contributed by atoms with van der Waals surface area (Å²) in [5.41, 5.74) is 6.15. The largest absolute Gasteiger partial charge is 0.409 e. The van der Waals surface area contributed by atoms with Gasteiger partial charge in [-0.1, -0.05) is 31.1 Å². The van der Waals surface area contributed by atoms with Gasteiger partial charge in [-0.2, -0.15) is 0 Å². The Hall–Kier alpha value is -1.76. The number of anilines is 1. The zero-order valence-electron chi connectivity index (χ0n) is 11.0. The molecule has 106 valence electrons. The number of benzene rings is 1. The molecule has 0 aromatic heterocycles. The number of nitrogens with one attached hydrogen (secondary N) is 1. The van der Waals surface area contributed by atoms with Crippen molar-refractivity contribution in [1.82, 2.24) is 0 Å². The average molecular weight is 285 g/mol. The molecule has 0 radical (unpaired) electrons. The van der Waals surface area contributed by atoms with Gasteiger partial charge in [0.15, 0.2) is 5.84 Å². The lowest BCUT2D eigenvalue weighted by molar-refractivity contribution is 0.318. The smallest absolute Gasteiger partial charge is 0.232 e. The number of para-hydroxylation sites is 1. The molecule has 0 bridgehead atoms. The van der Waals surface area contributed by atoms with Gasteiger partial charge in [0.05, 0.1) is 11.4 Å². The van der Waals surface area contributed by atoms with Gasteiger partial charge in [-0.05, 0) is 24.5 Å². The molecule has 6 nitrogen and oxygen atoms in total. The maximum Gasteiger partial charge on any atom is 0.232 e. The molecule has 0 spiro atoms. The second kappa shape index (κ2) is 6.42. The summed E-state index contributed by atoms with van der Waals surface area (Å²) in [7, 11) is -3.44. The third-order valence-electron chi connectivity index (χ3n) is 2.54. The second-order valence-electron chi connectivity index (χ2n) is 4.63.